The third-order valence-corrected chi connectivity index (χ3v) is 14.9. The topological polar surface area (TPSA) is 61.9 Å². The van der Waals surface area contributed by atoms with Crippen molar-refractivity contribution >= 4 is 116 Å². The molecule has 0 radical (unpaired) electrons. The summed E-state index contributed by atoms with van der Waals surface area (Å²) in [6.07, 6.45) is 0. The van der Waals surface area contributed by atoms with Crippen LogP contribution in [0.25, 0.3) is 59.7 Å². The third-order valence-electron chi connectivity index (χ3n) is 7.57. The molecule has 0 atom stereocenters. The Balaban J connectivity index is 1.58. The Kier molecular flexibility index (Phi) is 5.17. The zero-order valence-electron chi connectivity index (χ0n) is 22.4. The van der Waals surface area contributed by atoms with E-state index in [2.05, 4.69) is 55.4 Å². The van der Waals surface area contributed by atoms with Gasteiger partial charge in [-0.25, -0.2) is 0 Å². The van der Waals surface area contributed by atoms with Gasteiger partial charge in [0.25, 0.3) is 0 Å². The number of nitrogens with zero attached hydrogens (tertiary/aromatic N) is 2. The predicted molar refractivity (Wildman–Crippen MR) is 173 cm³/mol. The average molecular weight is 585 g/mol. The van der Waals surface area contributed by atoms with E-state index < -0.39 is 0 Å². The van der Waals surface area contributed by atoms with E-state index in [1.54, 1.807) is 0 Å². The van der Waals surface area contributed by atoms with E-state index in [9.17, 15) is 0 Å². The van der Waals surface area contributed by atoms with Crippen LogP contribution in [0.3, 0.4) is 0 Å². The SMILES string of the molecule is CC(C)c1sc2c3sc4c5sc6c7sc(C(C)C)c(C(C)C)c7n(N)c6c5sc4c3n(N)c2c1C(C)C. The van der Waals surface area contributed by atoms with Crippen LogP contribution in [0.1, 0.15) is 99.9 Å². The largest absolute Gasteiger partial charge is 0.338 e. The average Bonchev–Trinajstić information content (AvgIpc) is 3.61. The molecule has 0 saturated heterocycles. The number of fused-ring (bicyclic) bond motifs is 11. The van der Waals surface area contributed by atoms with Crippen LogP contribution in [-0.2, 0) is 0 Å². The van der Waals surface area contributed by atoms with E-state index in [-0.39, 0.29) is 0 Å². The number of hydrogen-bond donors (Lipinski definition) is 2. The fraction of sp³-hybridized carbons (Fsp3) is 0.429. The smallest absolute Gasteiger partial charge is 0.0999 e. The zero-order chi connectivity index (χ0) is 26.2. The second-order valence-electron chi connectivity index (χ2n) is 11.5. The second kappa shape index (κ2) is 7.88. The number of aromatic nitrogens is 2. The maximum atomic E-state index is 6.93. The van der Waals surface area contributed by atoms with Crippen LogP contribution in [0.4, 0.5) is 0 Å². The van der Waals surface area contributed by atoms with Crippen molar-refractivity contribution in [3.8, 4) is 0 Å². The maximum absolute atomic E-state index is 6.93. The van der Waals surface area contributed by atoms with Gasteiger partial charge in [0.1, 0.15) is 0 Å². The van der Waals surface area contributed by atoms with Crippen molar-refractivity contribution in [3.05, 3.63) is 20.9 Å². The minimum Gasteiger partial charge on any atom is -0.338 e. The summed E-state index contributed by atoms with van der Waals surface area (Å²) in [6.45, 7) is 18.4. The number of nitrogen functional groups attached to an aromatic ring is 2. The lowest BCUT2D eigenvalue weighted by molar-refractivity contribution is 0.810. The van der Waals surface area contributed by atoms with Crippen LogP contribution in [0.15, 0.2) is 0 Å². The van der Waals surface area contributed by atoms with Gasteiger partial charge in [0.2, 0.25) is 0 Å². The Morgan fingerprint density at radius 3 is 1.03 bits per heavy atom. The minimum absolute atomic E-state index is 0.443. The maximum Gasteiger partial charge on any atom is 0.0999 e. The highest BCUT2D eigenvalue weighted by atomic mass is 32.1. The molecule has 0 unspecified atom stereocenters. The summed E-state index contributed by atoms with van der Waals surface area (Å²) in [6, 6.07) is 0. The molecule has 194 valence electrons. The molecule has 0 spiro atoms. The Hall–Kier alpha value is -1.78. The number of nitrogens with two attached hydrogens (primary N) is 2. The molecule has 4 nitrogen and oxygen atoms in total. The molecule has 7 rings (SSSR count). The van der Waals surface area contributed by atoms with Crippen molar-refractivity contribution in [1.82, 2.24) is 9.35 Å². The van der Waals surface area contributed by atoms with Crippen molar-refractivity contribution < 1.29 is 0 Å². The molecule has 0 aliphatic rings. The van der Waals surface area contributed by atoms with Gasteiger partial charge in [0.15, 0.2) is 0 Å². The quantitative estimate of drug-likeness (QED) is 0.202. The first kappa shape index (κ1) is 24.3. The van der Waals surface area contributed by atoms with Crippen LogP contribution >= 0.6 is 56.7 Å². The molecule has 37 heavy (non-hydrogen) atoms. The number of rotatable bonds is 4. The van der Waals surface area contributed by atoms with Gasteiger partial charge in [-0.15, -0.1) is 56.7 Å². The van der Waals surface area contributed by atoms with Gasteiger partial charge in [-0.2, -0.15) is 0 Å². The van der Waals surface area contributed by atoms with Crippen LogP contribution in [0.5, 0.6) is 0 Å². The van der Waals surface area contributed by atoms with Crippen molar-refractivity contribution in [3.63, 3.8) is 0 Å². The molecular weight excluding hydrogens is 553 g/mol. The summed E-state index contributed by atoms with van der Waals surface area (Å²) in [5.74, 6) is 15.7. The lowest BCUT2D eigenvalue weighted by Crippen LogP contribution is -2.09. The summed E-state index contributed by atoms with van der Waals surface area (Å²) >= 11 is 9.63. The van der Waals surface area contributed by atoms with E-state index >= 15 is 0 Å². The van der Waals surface area contributed by atoms with Gasteiger partial charge < -0.3 is 11.7 Å². The van der Waals surface area contributed by atoms with Gasteiger partial charge in [0.05, 0.1) is 59.7 Å². The van der Waals surface area contributed by atoms with Crippen LogP contribution in [-0.4, -0.2) is 9.35 Å². The van der Waals surface area contributed by atoms with E-state index in [4.69, 9.17) is 11.7 Å². The zero-order valence-corrected chi connectivity index (χ0v) is 26.5. The fourth-order valence-corrected chi connectivity index (χ4v) is 13.7. The molecule has 9 heteroatoms. The van der Waals surface area contributed by atoms with Gasteiger partial charge in [-0.05, 0) is 34.8 Å². The van der Waals surface area contributed by atoms with E-state index in [1.165, 1.54) is 80.5 Å². The molecule has 0 saturated carbocycles. The molecule has 0 bridgehead atoms. The van der Waals surface area contributed by atoms with Gasteiger partial charge in [-0.3, -0.25) is 9.35 Å². The molecule has 7 aromatic rings. The standard InChI is InChI=1S/C28H32N4S5/c1-9(2)13-15-21(33-19(13)11(5)6)23-17(31(15)29)25-27(36-23)28-26(35-25)18-24(37-28)22-16(32(18)30)14(10(3)4)20(34-22)12(7)8/h9-12H,29-30H2,1-8H3. The summed E-state index contributed by atoms with van der Waals surface area (Å²) in [4.78, 5) is 2.95. The Morgan fingerprint density at radius 1 is 0.405 bits per heavy atom. The third kappa shape index (κ3) is 2.92. The van der Waals surface area contributed by atoms with Crippen LogP contribution in [0.2, 0.25) is 0 Å². The molecule has 0 amide bonds. The normalized spacial score (nSPS) is 13.5. The molecular formula is C28H32N4S5. The molecule has 0 aromatic carbocycles. The van der Waals surface area contributed by atoms with Crippen LogP contribution < -0.4 is 11.7 Å². The summed E-state index contributed by atoms with van der Waals surface area (Å²) in [5.41, 5.74) is 7.71. The van der Waals surface area contributed by atoms with E-state index in [0.717, 1.165) is 0 Å². The number of thiophene rings is 5. The van der Waals surface area contributed by atoms with E-state index in [1.807, 2.05) is 66.0 Å². The highest BCUT2D eigenvalue weighted by molar-refractivity contribution is 7.45. The van der Waals surface area contributed by atoms with Gasteiger partial charge in [0, 0.05) is 9.75 Å². The monoisotopic (exact) mass is 584 g/mol. The highest BCUT2D eigenvalue weighted by Crippen LogP contribution is 2.56. The van der Waals surface area contributed by atoms with Crippen molar-refractivity contribution in [1.29, 1.82) is 0 Å². The predicted octanol–water partition coefficient (Wildman–Crippen LogP) is 10.4. The molecule has 0 aliphatic carbocycles. The fourth-order valence-electron chi connectivity index (χ4n) is 6.04. The minimum atomic E-state index is 0.443. The first-order valence-corrected chi connectivity index (χ1v) is 17.1. The Labute approximate surface area is 236 Å². The van der Waals surface area contributed by atoms with Gasteiger partial charge >= 0.3 is 0 Å². The van der Waals surface area contributed by atoms with Crippen molar-refractivity contribution in [2.75, 3.05) is 11.7 Å². The Bertz CT molecular complexity index is 1880. The summed E-state index contributed by atoms with van der Waals surface area (Å²) < 4.78 is 14.8. The molecule has 0 aliphatic heterocycles. The lowest BCUT2D eigenvalue weighted by Gasteiger charge is -2.11. The first-order valence-electron chi connectivity index (χ1n) is 13.0. The summed E-state index contributed by atoms with van der Waals surface area (Å²) in [5, 5.41) is 0. The van der Waals surface area contributed by atoms with Crippen molar-refractivity contribution in [2.24, 2.45) is 0 Å². The Morgan fingerprint density at radius 2 is 0.703 bits per heavy atom. The van der Waals surface area contributed by atoms with Crippen LogP contribution in [0, 0.1) is 0 Å². The molecule has 0 fully saturated rings. The highest BCUT2D eigenvalue weighted by Gasteiger charge is 2.30. The van der Waals surface area contributed by atoms with E-state index in [0.29, 0.717) is 23.7 Å². The van der Waals surface area contributed by atoms with Crippen molar-refractivity contribution in [2.45, 2.75) is 79.1 Å². The molecule has 7 aromatic heterocycles. The number of hydrogen-bond acceptors (Lipinski definition) is 7. The van der Waals surface area contributed by atoms with Gasteiger partial charge in [-0.1, -0.05) is 55.4 Å². The molecule has 7 heterocycles. The lowest BCUT2D eigenvalue weighted by atomic mass is 9.98. The first-order chi connectivity index (χ1) is 17.5. The second-order valence-corrected chi connectivity index (χ2v) is 16.6. The molecule has 4 N–H and O–H groups in total. The summed E-state index contributed by atoms with van der Waals surface area (Å²) in [7, 11) is 0.